The van der Waals surface area contributed by atoms with E-state index in [0.29, 0.717) is 25.4 Å². The van der Waals surface area contributed by atoms with Crippen molar-refractivity contribution in [2.24, 2.45) is 0 Å². The van der Waals surface area contributed by atoms with E-state index in [1.165, 1.54) is 11.8 Å². The highest BCUT2D eigenvalue weighted by atomic mass is 32.2. The van der Waals surface area contributed by atoms with Gasteiger partial charge in [-0.25, -0.2) is 4.79 Å². The fourth-order valence-corrected chi connectivity index (χ4v) is 6.65. The summed E-state index contributed by atoms with van der Waals surface area (Å²) < 4.78 is 32.9. The molecule has 1 aliphatic heterocycles. The molecule has 1 fully saturated rings. The van der Waals surface area contributed by atoms with Crippen molar-refractivity contribution in [2.75, 3.05) is 6.61 Å². The maximum atomic E-state index is 13.7. The largest absolute Gasteiger partial charge is 0.452 e. The second-order valence-corrected chi connectivity index (χ2v) is 12.9. The number of benzene rings is 5. The van der Waals surface area contributed by atoms with E-state index in [2.05, 4.69) is 31.2 Å². The van der Waals surface area contributed by atoms with Crippen LogP contribution in [0.2, 0.25) is 0 Å². The van der Waals surface area contributed by atoms with E-state index in [0.717, 1.165) is 27.1 Å². The molecule has 0 bridgehead atoms. The molecule has 0 aliphatic carbocycles. The van der Waals surface area contributed by atoms with Crippen LogP contribution in [-0.4, -0.2) is 42.4 Å². The van der Waals surface area contributed by atoms with Crippen molar-refractivity contribution in [3.05, 3.63) is 173 Å². The number of thioether (sulfide) groups is 1. The summed E-state index contributed by atoms with van der Waals surface area (Å²) in [6, 6.07) is 47.2. The summed E-state index contributed by atoms with van der Waals surface area (Å²) in [4.78, 5) is 14.7. The molecular formula is C41H40O6S. The zero-order valence-electron chi connectivity index (χ0n) is 26.9. The van der Waals surface area contributed by atoms with Crippen LogP contribution in [0.15, 0.2) is 150 Å². The third kappa shape index (κ3) is 9.43. The van der Waals surface area contributed by atoms with E-state index in [1.807, 2.05) is 109 Å². The Kier molecular flexibility index (Phi) is 12.1. The van der Waals surface area contributed by atoms with Crippen molar-refractivity contribution in [3.8, 4) is 0 Å². The van der Waals surface area contributed by atoms with Gasteiger partial charge in [0.25, 0.3) is 0 Å². The number of aryl methyl sites for hydroxylation is 1. The highest BCUT2D eigenvalue weighted by Crippen LogP contribution is 2.38. The van der Waals surface area contributed by atoms with E-state index >= 15 is 0 Å². The van der Waals surface area contributed by atoms with Crippen LogP contribution in [-0.2, 0) is 43.5 Å². The average molecular weight is 661 g/mol. The lowest BCUT2D eigenvalue weighted by Gasteiger charge is -2.45. The second-order valence-electron chi connectivity index (χ2n) is 11.7. The number of ether oxygens (including phenoxy) is 5. The topological polar surface area (TPSA) is 63.2 Å². The van der Waals surface area contributed by atoms with Crippen molar-refractivity contribution in [3.63, 3.8) is 0 Å². The molecule has 3 unspecified atom stereocenters. The maximum absolute atomic E-state index is 13.7. The van der Waals surface area contributed by atoms with Gasteiger partial charge < -0.3 is 23.7 Å². The first-order valence-electron chi connectivity index (χ1n) is 16.2. The molecule has 0 spiro atoms. The van der Waals surface area contributed by atoms with Crippen LogP contribution >= 0.6 is 11.8 Å². The lowest BCUT2D eigenvalue weighted by atomic mass is 9.98. The maximum Gasteiger partial charge on any atom is 0.338 e. The van der Waals surface area contributed by atoms with Gasteiger partial charge in [0.1, 0.15) is 23.7 Å². The number of hydrogen-bond donors (Lipinski definition) is 0. The molecule has 6 rings (SSSR count). The minimum absolute atomic E-state index is 0.254. The Morgan fingerprint density at radius 2 is 1.10 bits per heavy atom. The Morgan fingerprint density at radius 1 is 0.604 bits per heavy atom. The van der Waals surface area contributed by atoms with Crippen molar-refractivity contribution < 1.29 is 28.5 Å². The van der Waals surface area contributed by atoms with Gasteiger partial charge in [-0.3, -0.25) is 0 Å². The van der Waals surface area contributed by atoms with Crippen LogP contribution in [0.25, 0.3) is 0 Å². The van der Waals surface area contributed by atoms with Gasteiger partial charge in [0.2, 0.25) is 0 Å². The summed E-state index contributed by atoms with van der Waals surface area (Å²) in [5.74, 6) is -0.451. The third-order valence-corrected chi connectivity index (χ3v) is 9.24. The Bertz CT molecular complexity index is 1670. The van der Waals surface area contributed by atoms with Crippen molar-refractivity contribution in [1.29, 1.82) is 0 Å². The molecule has 7 heteroatoms. The molecule has 5 aromatic rings. The normalized spacial score (nSPS) is 20.6. The van der Waals surface area contributed by atoms with Gasteiger partial charge in [0.15, 0.2) is 6.10 Å². The van der Waals surface area contributed by atoms with Crippen LogP contribution in [0.4, 0.5) is 0 Å². The first-order valence-corrected chi connectivity index (χ1v) is 17.1. The van der Waals surface area contributed by atoms with Gasteiger partial charge in [-0.1, -0.05) is 139 Å². The van der Waals surface area contributed by atoms with Crippen molar-refractivity contribution in [1.82, 2.24) is 0 Å². The Labute approximate surface area is 287 Å². The summed E-state index contributed by atoms with van der Waals surface area (Å²) in [6.07, 6.45) is -2.62. The smallest absolute Gasteiger partial charge is 0.338 e. The number of hydrogen-bond acceptors (Lipinski definition) is 7. The first kappa shape index (κ1) is 33.7. The zero-order valence-corrected chi connectivity index (χ0v) is 27.7. The van der Waals surface area contributed by atoms with E-state index in [-0.39, 0.29) is 6.61 Å². The molecule has 0 amide bonds. The van der Waals surface area contributed by atoms with Crippen molar-refractivity contribution >= 4 is 17.7 Å². The van der Waals surface area contributed by atoms with Gasteiger partial charge in [0, 0.05) is 4.90 Å². The molecule has 246 valence electrons. The van der Waals surface area contributed by atoms with Crippen LogP contribution < -0.4 is 0 Å². The van der Waals surface area contributed by atoms with Crippen LogP contribution in [0.3, 0.4) is 0 Å². The standard InChI is InChI=1S/C41H40O6S/c1-30-22-24-35(25-23-30)48-41-39(47-40(42)34-20-12-5-13-21-34)38(45-28-33-18-10-4-11-19-33)37(44-27-32-16-8-3-9-17-32)36(46-41)29-43-26-31-14-6-2-7-15-31/h2-25,36-39,41H,26-29H2,1H3/t36?,37-,38?,39?,41-/m0/s1. The summed E-state index contributed by atoms with van der Waals surface area (Å²) in [7, 11) is 0. The molecule has 48 heavy (non-hydrogen) atoms. The van der Waals surface area contributed by atoms with Crippen LogP contribution in [0.1, 0.15) is 32.6 Å². The zero-order chi connectivity index (χ0) is 33.0. The predicted molar refractivity (Wildman–Crippen MR) is 187 cm³/mol. The number of carbonyl (C=O) groups excluding carboxylic acids is 1. The highest BCUT2D eigenvalue weighted by Gasteiger charge is 2.50. The molecule has 6 nitrogen and oxygen atoms in total. The SMILES string of the molecule is Cc1ccc(S[C@@H]2OC(COCc3ccccc3)[C@H](OCc3ccccc3)C(OCc3ccccc3)C2OC(=O)c2ccccc2)cc1. The molecule has 5 aromatic carbocycles. The molecule has 5 atom stereocenters. The van der Waals surface area contributed by atoms with E-state index in [9.17, 15) is 4.79 Å². The van der Waals surface area contributed by atoms with Gasteiger partial charge >= 0.3 is 5.97 Å². The molecule has 0 N–H and O–H groups in total. The summed E-state index contributed by atoms with van der Waals surface area (Å²) in [6.45, 7) is 3.35. The summed E-state index contributed by atoms with van der Waals surface area (Å²) in [5.41, 5.74) is 4.07. The Morgan fingerprint density at radius 3 is 1.67 bits per heavy atom. The summed E-state index contributed by atoms with van der Waals surface area (Å²) >= 11 is 1.50. The van der Waals surface area contributed by atoms with Crippen LogP contribution in [0.5, 0.6) is 0 Å². The van der Waals surface area contributed by atoms with Gasteiger partial charge in [-0.2, -0.15) is 0 Å². The first-order chi connectivity index (χ1) is 23.6. The Balaban J connectivity index is 1.34. The van der Waals surface area contributed by atoms with Crippen LogP contribution in [0, 0.1) is 6.92 Å². The minimum atomic E-state index is -0.807. The minimum Gasteiger partial charge on any atom is -0.452 e. The van der Waals surface area contributed by atoms with Gasteiger partial charge in [-0.05, 0) is 47.9 Å². The van der Waals surface area contributed by atoms with Gasteiger partial charge in [-0.15, -0.1) is 0 Å². The highest BCUT2D eigenvalue weighted by molar-refractivity contribution is 7.99. The number of carbonyl (C=O) groups is 1. The van der Waals surface area contributed by atoms with Crippen molar-refractivity contribution in [2.45, 2.75) is 61.5 Å². The lowest BCUT2D eigenvalue weighted by Crippen LogP contribution is -2.60. The van der Waals surface area contributed by atoms with E-state index < -0.39 is 35.8 Å². The second kappa shape index (κ2) is 17.2. The van der Waals surface area contributed by atoms with E-state index in [4.69, 9.17) is 23.7 Å². The summed E-state index contributed by atoms with van der Waals surface area (Å²) in [5, 5.41) is 0. The lowest BCUT2D eigenvalue weighted by molar-refractivity contribution is -0.242. The molecule has 1 saturated heterocycles. The molecule has 1 heterocycles. The molecule has 0 saturated carbocycles. The van der Waals surface area contributed by atoms with E-state index in [1.54, 1.807) is 12.1 Å². The molecular weight excluding hydrogens is 621 g/mol. The third-order valence-electron chi connectivity index (χ3n) is 8.08. The number of rotatable bonds is 14. The quantitative estimate of drug-likeness (QED) is 0.111. The fraction of sp³-hybridized carbons (Fsp3) is 0.244. The molecule has 0 radical (unpaired) electrons. The molecule has 1 aliphatic rings. The predicted octanol–water partition coefficient (Wildman–Crippen LogP) is 8.43. The molecule has 0 aromatic heterocycles. The monoisotopic (exact) mass is 660 g/mol. The fourth-order valence-electron chi connectivity index (χ4n) is 5.54. The Hall–Kier alpha value is -4.24. The average Bonchev–Trinajstić information content (AvgIpc) is 3.14. The van der Waals surface area contributed by atoms with Gasteiger partial charge in [0.05, 0.1) is 32.0 Å². The number of esters is 1.